The molecule has 0 spiro atoms. The lowest BCUT2D eigenvalue weighted by atomic mass is 10.1. The molecule has 1 N–H and O–H groups in total. The van der Waals surface area contributed by atoms with Gasteiger partial charge in [0.05, 0.1) is 11.5 Å². The number of hydrogen-bond acceptors (Lipinski definition) is 5. The van der Waals surface area contributed by atoms with Crippen LogP contribution in [0.25, 0.3) is 0 Å². The van der Waals surface area contributed by atoms with Crippen molar-refractivity contribution in [1.82, 2.24) is 0 Å². The van der Waals surface area contributed by atoms with E-state index in [1.165, 1.54) is 24.3 Å². The largest absolute Gasteiger partial charge is 0.756 e. The molecule has 0 radical (unpaired) electrons. The third-order valence-corrected chi connectivity index (χ3v) is 2.30. The van der Waals surface area contributed by atoms with Gasteiger partial charge in [-0.05, 0) is 12.0 Å². The van der Waals surface area contributed by atoms with Gasteiger partial charge < -0.3 is 14.3 Å². The third kappa shape index (κ3) is 4.50. The SMILES string of the molecule is O=[N+]([O-])c1ccc(CCOP(=O)([O-])O)cc1. The lowest BCUT2D eigenvalue weighted by molar-refractivity contribution is -0.384. The van der Waals surface area contributed by atoms with E-state index in [1.54, 1.807) is 0 Å². The molecule has 8 heteroatoms. The smallest absolute Gasteiger partial charge is 0.269 e. The summed E-state index contributed by atoms with van der Waals surface area (Å²) in [7, 11) is -4.69. The molecule has 1 rings (SSSR count). The standard InChI is InChI=1S/C8H10NO6P/c10-9(11)8-3-1-7(2-4-8)5-6-15-16(12,13)14/h1-4H,5-6H2,(H2,12,13,14)/p-1. The molecular weight excluding hydrogens is 237 g/mol. The van der Waals surface area contributed by atoms with Crippen LogP contribution < -0.4 is 4.89 Å². The number of rotatable bonds is 5. The lowest BCUT2D eigenvalue weighted by Crippen LogP contribution is -2.05. The van der Waals surface area contributed by atoms with E-state index < -0.39 is 12.7 Å². The van der Waals surface area contributed by atoms with Gasteiger partial charge in [-0.15, -0.1) is 0 Å². The molecule has 0 aliphatic carbocycles. The summed E-state index contributed by atoms with van der Waals surface area (Å²) in [5.41, 5.74) is 0.639. The molecule has 0 aliphatic heterocycles. The van der Waals surface area contributed by atoms with E-state index in [-0.39, 0.29) is 18.7 Å². The molecule has 0 saturated heterocycles. The Hall–Kier alpha value is -1.27. The van der Waals surface area contributed by atoms with E-state index in [0.717, 1.165) is 0 Å². The van der Waals surface area contributed by atoms with Gasteiger partial charge in [-0.25, -0.2) is 0 Å². The van der Waals surface area contributed by atoms with Gasteiger partial charge in [-0.2, -0.15) is 0 Å². The van der Waals surface area contributed by atoms with Crippen LogP contribution in [-0.4, -0.2) is 16.4 Å². The highest BCUT2D eigenvalue weighted by atomic mass is 31.2. The van der Waals surface area contributed by atoms with Crippen LogP contribution in [0.1, 0.15) is 5.56 Å². The predicted molar refractivity (Wildman–Crippen MR) is 52.6 cm³/mol. The first-order chi connectivity index (χ1) is 7.38. The average Bonchev–Trinajstić information content (AvgIpc) is 2.16. The maximum absolute atomic E-state index is 10.3. The number of hydrogen-bond donors (Lipinski definition) is 1. The van der Waals surface area contributed by atoms with Gasteiger partial charge in [0.25, 0.3) is 13.5 Å². The monoisotopic (exact) mass is 246 g/mol. The van der Waals surface area contributed by atoms with Crippen molar-refractivity contribution in [1.29, 1.82) is 0 Å². The Balaban J connectivity index is 2.50. The average molecular weight is 246 g/mol. The van der Waals surface area contributed by atoms with E-state index in [4.69, 9.17) is 4.89 Å². The number of phosphoric acid groups is 1. The summed E-state index contributed by atoms with van der Waals surface area (Å²) in [6.45, 7) is -0.199. The van der Waals surface area contributed by atoms with Crippen LogP contribution in [0.4, 0.5) is 5.69 Å². The fourth-order valence-electron chi connectivity index (χ4n) is 1.06. The van der Waals surface area contributed by atoms with Crippen LogP contribution in [0.2, 0.25) is 0 Å². The predicted octanol–water partition coefficient (Wildman–Crippen LogP) is 0.615. The van der Waals surface area contributed by atoms with E-state index in [2.05, 4.69) is 4.52 Å². The van der Waals surface area contributed by atoms with Crippen molar-refractivity contribution in [2.24, 2.45) is 0 Å². The Labute approximate surface area is 91.1 Å². The maximum atomic E-state index is 10.3. The Morgan fingerprint density at radius 3 is 2.38 bits per heavy atom. The van der Waals surface area contributed by atoms with Crippen molar-refractivity contribution in [2.75, 3.05) is 6.61 Å². The molecule has 1 unspecified atom stereocenters. The minimum atomic E-state index is -4.69. The second-order valence-electron chi connectivity index (χ2n) is 2.98. The highest BCUT2D eigenvalue weighted by Gasteiger charge is 2.05. The molecular formula is C8H9NO6P-. The minimum Gasteiger partial charge on any atom is -0.756 e. The Morgan fingerprint density at radius 2 is 1.94 bits per heavy atom. The van der Waals surface area contributed by atoms with Gasteiger partial charge >= 0.3 is 0 Å². The van der Waals surface area contributed by atoms with Crippen molar-refractivity contribution in [3.63, 3.8) is 0 Å². The zero-order chi connectivity index (χ0) is 12.2. The van der Waals surface area contributed by atoms with Gasteiger partial charge in [0, 0.05) is 12.1 Å². The number of nitro benzene ring substituents is 1. The molecule has 0 amide bonds. The van der Waals surface area contributed by atoms with Crippen molar-refractivity contribution in [3.05, 3.63) is 39.9 Å². The molecule has 0 aliphatic rings. The van der Waals surface area contributed by atoms with Gasteiger partial charge in [-0.1, -0.05) is 12.1 Å². The normalized spacial score (nSPS) is 14.4. The highest BCUT2D eigenvalue weighted by molar-refractivity contribution is 7.44. The van der Waals surface area contributed by atoms with Gasteiger partial charge in [0.15, 0.2) is 0 Å². The van der Waals surface area contributed by atoms with Crippen LogP contribution in [0.5, 0.6) is 0 Å². The summed E-state index contributed by atoms with van der Waals surface area (Å²) in [5, 5.41) is 10.3. The summed E-state index contributed by atoms with van der Waals surface area (Å²) in [5.74, 6) is 0. The van der Waals surface area contributed by atoms with Gasteiger partial charge in [-0.3, -0.25) is 14.7 Å². The maximum Gasteiger partial charge on any atom is 0.269 e. The first-order valence-electron chi connectivity index (χ1n) is 4.30. The number of nitro groups is 1. The molecule has 0 fully saturated rings. The van der Waals surface area contributed by atoms with E-state index >= 15 is 0 Å². The molecule has 0 aromatic heterocycles. The molecule has 1 aromatic rings. The summed E-state index contributed by atoms with van der Waals surface area (Å²) in [4.78, 5) is 28.3. The van der Waals surface area contributed by atoms with Crippen LogP contribution in [0.15, 0.2) is 24.3 Å². The Morgan fingerprint density at radius 1 is 1.38 bits per heavy atom. The minimum absolute atomic E-state index is 0.0404. The molecule has 0 heterocycles. The molecule has 88 valence electrons. The highest BCUT2D eigenvalue weighted by Crippen LogP contribution is 2.30. The molecule has 1 aromatic carbocycles. The van der Waals surface area contributed by atoms with E-state index in [1.807, 2.05) is 0 Å². The molecule has 0 saturated carbocycles. The number of nitrogens with zero attached hydrogens (tertiary/aromatic N) is 1. The van der Waals surface area contributed by atoms with Crippen LogP contribution in [0, 0.1) is 10.1 Å². The van der Waals surface area contributed by atoms with Crippen LogP contribution >= 0.6 is 7.82 Å². The summed E-state index contributed by atoms with van der Waals surface area (Å²) >= 11 is 0. The fourth-order valence-corrected chi connectivity index (χ4v) is 1.39. The summed E-state index contributed by atoms with van der Waals surface area (Å²) in [6, 6.07) is 5.61. The Kier molecular flexibility index (Phi) is 4.14. The quantitative estimate of drug-likeness (QED) is 0.462. The second-order valence-corrected chi connectivity index (χ2v) is 4.17. The molecule has 7 nitrogen and oxygen atoms in total. The number of non-ortho nitro benzene ring substituents is 1. The topological polar surface area (TPSA) is 113 Å². The first kappa shape index (κ1) is 12.8. The third-order valence-electron chi connectivity index (χ3n) is 1.79. The van der Waals surface area contributed by atoms with Crippen molar-refractivity contribution in [2.45, 2.75) is 6.42 Å². The number of phosphoric ester groups is 1. The molecule has 1 atom stereocenters. The van der Waals surface area contributed by atoms with Crippen LogP contribution in [0.3, 0.4) is 0 Å². The van der Waals surface area contributed by atoms with E-state index in [0.29, 0.717) is 5.56 Å². The van der Waals surface area contributed by atoms with Crippen LogP contribution in [-0.2, 0) is 15.5 Å². The zero-order valence-electron chi connectivity index (χ0n) is 8.11. The number of benzene rings is 1. The fraction of sp³-hybridized carbons (Fsp3) is 0.250. The summed E-state index contributed by atoms with van der Waals surface area (Å²) < 4.78 is 14.4. The molecule has 16 heavy (non-hydrogen) atoms. The lowest BCUT2D eigenvalue weighted by Gasteiger charge is -2.14. The molecule has 0 bridgehead atoms. The van der Waals surface area contributed by atoms with Crippen molar-refractivity contribution < 1.29 is 23.8 Å². The van der Waals surface area contributed by atoms with Gasteiger partial charge in [0.1, 0.15) is 0 Å². The zero-order valence-corrected chi connectivity index (χ0v) is 9.00. The Bertz CT molecular complexity index is 411. The first-order valence-corrected chi connectivity index (χ1v) is 5.80. The second kappa shape index (κ2) is 5.18. The summed E-state index contributed by atoms with van der Waals surface area (Å²) in [6.07, 6.45) is 0.241. The van der Waals surface area contributed by atoms with Gasteiger partial charge in [0.2, 0.25) is 0 Å². The van der Waals surface area contributed by atoms with Crippen molar-refractivity contribution >= 4 is 13.5 Å². The van der Waals surface area contributed by atoms with E-state index in [9.17, 15) is 19.6 Å². The van der Waals surface area contributed by atoms with Crippen molar-refractivity contribution in [3.8, 4) is 0 Å².